The van der Waals surface area contributed by atoms with Gasteiger partial charge < -0.3 is 0 Å². The van der Waals surface area contributed by atoms with Gasteiger partial charge in [-0.05, 0) is 12.0 Å². The predicted octanol–water partition coefficient (Wildman–Crippen LogP) is 5.55. The Morgan fingerprint density at radius 3 is 2.12 bits per heavy atom. The van der Waals surface area contributed by atoms with Gasteiger partial charge >= 0.3 is 0 Å². The van der Waals surface area contributed by atoms with E-state index >= 15 is 0 Å². The normalized spacial score (nSPS) is 21.6. The third-order valence-corrected chi connectivity index (χ3v) is 4.43. The van der Waals surface area contributed by atoms with Gasteiger partial charge in [0.05, 0.1) is 10.1 Å². The first-order valence-corrected chi connectivity index (χ1v) is 6.27. The van der Waals surface area contributed by atoms with E-state index in [-0.39, 0.29) is 5.92 Å². The van der Waals surface area contributed by atoms with Crippen LogP contribution in [0.2, 0.25) is 0 Å². The summed E-state index contributed by atoms with van der Waals surface area (Å²) in [6.45, 7) is 0. The zero-order valence-corrected chi connectivity index (χ0v) is 11.2. The molecule has 0 aromatic heterocycles. The standard InChI is InChI=1S/C12H8Cl4/c13-9-6-8(7-4-2-1-3-5-7)10(14)12(16)11(9)15/h1-5,8H,6H2. The van der Waals surface area contributed by atoms with E-state index in [4.69, 9.17) is 46.4 Å². The second-order valence-electron chi connectivity index (χ2n) is 3.55. The molecular formula is C12H8Cl4. The molecule has 1 aliphatic carbocycles. The second-order valence-corrected chi connectivity index (χ2v) is 5.17. The van der Waals surface area contributed by atoms with Gasteiger partial charge in [0.15, 0.2) is 0 Å². The minimum Gasteiger partial charge on any atom is -0.0874 e. The Bertz CT molecular complexity index is 459. The maximum atomic E-state index is 6.20. The highest BCUT2D eigenvalue weighted by molar-refractivity contribution is 6.51. The lowest BCUT2D eigenvalue weighted by Gasteiger charge is -2.22. The minimum atomic E-state index is 0.00497. The summed E-state index contributed by atoms with van der Waals surface area (Å²) in [4.78, 5) is 0. The largest absolute Gasteiger partial charge is 0.0874 e. The smallest absolute Gasteiger partial charge is 0.0755 e. The highest BCUT2D eigenvalue weighted by Crippen LogP contribution is 2.46. The minimum absolute atomic E-state index is 0.00497. The van der Waals surface area contributed by atoms with E-state index in [1.54, 1.807) is 0 Å². The molecular weight excluding hydrogens is 286 g/mol. The van der Waals surface area contributed by atoms with Crippen molar-refractivity contribution in [1.29, 1.82) is 0 Å². The summed E-state index contributed by atoms with van der Waals surface area (Å²) in [5.41, 5.74) is 1.09. The van der Waals surface area contributed by atoms with Crippen LogP contribution in [0.5, 0.6) is 0 Å². The van der Waals surface area contributed by atoms with E-state index in [2.05, 4.69) is 0 Å². The lowest BCUT2D eigenvalue weighted by atomic mass is 9.92. The van der Waals surface area contributed by atoms with Gasteiger partial charge in [-0.2, -0.15) is 0 Å². The molecule has 0 N–H and O–H groups in total. The van der Waals surface area contributed by atoms with Crippen LogP contribution in [0.25, 0.3) is 0 Å². The van der Waals surface area contributed by atoms with Gasteiger partial charge in [-0.15, -0.1) is 0 Å². The summed E-state index contributed by atoms with van der Waals surface area (Å²) in [5.74, 6) is 0.00497. The van der Waals surface area contributed by atoms with Gasteiger partial charge in [0, 0.05) is 16.0 Å². The third kappa shape index (κ3) is 2.26. The molecule has 0 saturated carbocycles. The predicted molar refractivity (Wildman–Crippen MR) is 71.3 cm³/mol. The number of hydrogen-bond acceptors (Lipinski definition) is 0. The van der Waals surface area contributed by atoms with Gasteiger partial charge in [-0.3, -0.25) is 0 Å². The number of rotatable bonds is 1. The Morgan fingerprint density at radius 2 is 1.50 bits per heavy atom. The van der Waals surface area contributed by atoms with E-state index < -0.39 is 0 Å². The Hall–Kier alpha value is -0.140. The summed E-state index contributed by atoms with van der Waals surface area (Å²) in [5, 5.41) is 1.83. The van der Waals surface area contributed by atoms with Crippen LogP contribution in [0.3, 0.4) is 0 Å². The van der Waals surface area contributed by atoms with Crippen molar-refractivity contribution >= 4 is 46.4 Å². The molecule has 1 aliphatic rings. The third-order valence-electron chi connectivity index (χ3n) is 2.53. The van der Waals surface area contributed by atoms with Crippen molar-refractivity contribution < 1.29 is 0 Å². The Kier molecular flexibility index (Phi) is 3.86. The molecule has 0 fully saturated rings. The molecule has 84 valence electrons. The summed E-state index contributed by atoms with van der Waals surface area (Å²) < 4.78 is 0. The molecule has 0 amide bonds. The quantitative estimate of drug-likeness (QED) is 0.636. The van der Waals surface area contributed by atoms with E-state index in [1.165, 1.54) is 0 Å². The van der Waals surface area contributed by atoms with Crippen LogP contribution in [0.15, 0.2) is 50.5 Å². The van der Waals surface area contributed by atoms with Gasteiger partial charge in [0.1, 0.15) is 0 Å². The molecule has 1 aromatic carbocycles. The van der Waals surface area contributed by atoms with Crippen LogP contribution in [0.4, 0.5) is 0 Å². The SMILES string of the molecule is ClC1=C(Cl)C(Cl)=C(Cl)C(c2ccccc2)C1. The summed E-state index contributed by atoms with van der Waals surface area (Å²) >= 11 is 24.2. The summed E-state index contributed by atoms with van der Waals surface area (Å²) in [7, 11) is 0. The number of benzene rings is 1. The van der Waals surface area contributed by atoms with Gasteiger partial charge in [0.25, 0.3) is 0 Å². The fraction of sp³-hybridized carbons (Fsp3) is 0.167. The average molecular weight is 294 g/mol. The molecule has 0 nitrogen and oxygen atoms in total. The van der Waals surface area contributed by atoms with E-state index in [0.717, 1.165) is 5.56 Å². The van der Waals surface area contributed by atoms with Gasteiger partial charge in [-0.25, -0.2) is 0 Å². The maximum Gasteiger partial charge on any atom is 0.0755 e. The van der Waals surface area contributed by atoms with Crippen LogP contribution in [-0.2, 0) is 0 Å². The average Bonchev–Trinajstić information content (AvgIpc) is 2.32. The van der Waals surface area contributed by atoms with Crippen molar-refractivity contribution in [2.45, 2.75) is 12.3 Å². The molecule has 0 aliphatic heterocycles. The molecule has 1 aromatic rings. The van der Waals surface area contributed by atoms with Crippen LogP contribution in [-0.4, -0.2) is 0 Å². The number of halogens is 4. The van der Waals surface area contributed by atoms with Crippen molar-refractivity contribution in [1.82, 2.24) is 0 Å². The highest BCUT2D eigenvalue weighted by atomic mass is 35.5. The molecule has 1 unspecified atom stereocenters. The van der Waals surface area contributed by atoms with Crippen molar-refractivity contribution in [2.75, 3.05) is 0 Å². The Balaban J connectivity index is 2.42. The van der Waals surface area contributed by atoms with Gasteiger partial charge in [-0.1, -0.05) is 76.7 Å². The zero-order valence-electron chi connectivity index (χ0n) is 8.18. The van der Waals surface area contributed by atoms with Crippen LogP contribution in [0, 0.1) is 0 Å². The van der Waals surface area contributed by atoms with E-state index in [0.29, 0.717) is 26.5 Å². The van der Waals surface area contributed by atoms with Crippen LogP contribution >= 0.6 is 46.4 Å². The monoisotopic (exact) mass is 292 g/mol. The van der Waals surface area contributed by atoms with Gasteiger partial charge in [0.2, 0.25) is 0 Å². The van der Waals surface area contributed by atoms with Crippen molar-refractivity contribution in [2.24, 2.45) is 0 Å². The van der Waals surface area contributed by atoms with Crippen molar-refractivity contribution in [3.05, 3.63) is 56.0 Å². The van der Waals surface area contributed by atoms with E-state index in [1.807, 2.05) is 30.3 Å². The number of allylic oxidation sites excluding steroid dienone is 4. The Morgan fingerprint density at radius 1 is 0.875 bits per heavy atom. The summed E-state index contributed by atoms with van der Waals surface area (Å²) in [6.07, 6.45) is 0.597. The molecule has 4 heteroatoms. The molecule has 0 heterocycles. The van der Waals surface area contributed by atoms with E-state index in [9.17, 15) is 0 Å². The molecule has 0 radical (unpaired) electrons. The zero-order chi connectivity index (χ0) is 11.7. The van der Waals surface area contributed by atoms with Crippen molar-refractivity contribution in [3.63, 3.8) is 0 Å². The first-order chi connectivity index (χ1) is 7.61. The molecule has 1 atom stereocenters. The molecule has 0 saturated heterocycles. The van der Waals surface area contributed by atoms with Crippen molar-refractivity contribution in [3.8, 4) is 0 Å². The first-order valence-electron chi connectivity index (χ1n) is 4.76. The first kappa shape index (κ1) is 12.3. The molecule has 0 spiro atoms. The highest BCUT2D eigenvalue weighted by Gasteiger charge is 2.27. The van der Waals surface area contributed by atoms with Crippen LogP contribution < -0.4 is 0 Å². The number of hydrogen-bond donors (Lipinski definition) is 0. The lowest BCUT2D eigenvalue weighted by Crippen LogP contribution is -2.06. The molecule has 16 heavy (non-hydrogen) atoms. The Labute approximate surface area is 114 Å². The molecule has 2 rings (SSSR count). The summed E-state index contributed by atoms with van der Waals surface area (Å²) in [6, 6.07) is 9.87. The fourth-order valence-electron chi connectivity index (χ4n) is 1.68. The lowest BCUT2D eigenvalue weighted by molar-refractivity contribution is 0.821. The van der Waals surface area contributed by atoms with Crippen LogP contribution in [0.1, 0.15) is 17.9 Å². The topological polar surface area (TPSA) is 0 Å². The molecule has 0 bridgehead atoms. The fourth-order valence-corrected chi connectivity index (χ4v) is 2.75. The second kappa shape index (κ2) is 5.01. The maximum absolute atomic E-state index is 6.20.